The third-order valence-electron chi connectivity index (χ3n) is 1.79. The predicted molar refractivity (Wildman–Crippen MR) is 55.2 cm³/mol. The fourth-order valence-corrected chi connectivity index (χ4v) is 1.15. The minimum absolute atomic E-state index is 0.786. The number of nitrogens with zero attached hydrogens (tertiary/aromatic N) is 2. The smallest absolute Gasteiger partial charge is 0.158 e. The summed E-state index contributed by atoms with van der Waals surface area (Å²) in [5.74, 6) is 0.786. The monoisotopic (exact) mass is 170 g/mol. The van der Waals surface area contributed by atoms with E-state index < -0.39 is 0 Å². The number of aliphatic imine (C=N–C) groups is 2. The van der Waals surface area contributed by atoms with E-state index >= 15 is 0 Å². The van der Waals surface area contributed by atoms with Crippen LogP contribution in [0.25, 0.3) is 0 Å². The SMILES string of the molecule is C1=CN=C(c2ccccc2)N=CC1. The van der Waals surface area contributed by atoms with E-state index in [0.29, 0.717) is 0 Å². The van der Waals surface area contributed by atoms with Crippen molar-refractivity contribution in [1.82, 2.24) is 0 Å². The number of amidine groups is 1. The van der Waals surface area contributed by atoms with Gasteiger partial charge in [0.05, 0.1) is 0 Å². The molecule has 0 unspecified atom stereocenters. The van der Waals surface area contributed by atoms with Crippen molar-refractivity contribution >= 4 is 12.1 Å². The van der Waals surface area contributed by atoms with Gasteiger partial charge < -0.3 is 0 Å². The van der Waals surface area contributed by atoms with Gasteiger partial charge in [-0.15, -0.1) is 0 Å². The summed E-state index contributed by atoms with van der Waals surface area (Å²) in [6, 6.07) is 9.98. The maximum absolute atomic E-state index is 4.26. The molecule has 1 aromatic rings. The first-order valence-corrected chi connectivity index (χ1v) is 4.27. The Bertz CT molecular complexity index is 361. The molecule has 64 valence electrons. The summed E-state index contributed by atoms with van der Waals surface area (Å²) in [6.07, 6.45) is 6.52. The van der Waals surface area contributed by atoms with E-state index in [2.05, 4.69) is 9.98 Å². The highest BCUT2D eigenvalue weighted by atomic mass is 14.9. The predicted octanol–water partition coefficient (Wildman–Crippen LogP) is 2.42. The van der Waals surface area contributed by atoms with E-state index in [4.69, 9.17) is 0 Å². The van der Waals surface area contributed by atoms with Gasteiger partial charge in [0.25, 0.3) is 0 Å². The van der Waals surface area contributed by atoms with Gasteiger partial charge in [-0.1, -0.05) is 36.4 Å². The first kappa shape index (κ1) is 7.92. The molecular formula is C11H10N2. The summed E-state index contributed by atoms with van der Waals surface area (Å²) in [5.41, 5.74) is 1.06. The molecule has 2 rings (SSSR count). The fourth-order valence-electron chi connectivity index (χ4n) is 1.15. The van der Waals surface area contributed by atoms with Crippen molar-refractivity contribution in [3.8, 4) is 0 Å². The van der Waals surface area contributed by atoms with Crippen molar-refractivity contribution in [3.05, 3.63) is 48.2 Å². The first-order chi connectivity index (χ1) is 6.47. The number of benzene rings is 1. The second kappa shape index (κ2) is 3.81. The normalized spacial score (nSPS) is 15.2. The Morgan fingerprint density at radius 3 is 2.77 bits per heavy atom. The number of rotatable bonds is 1. The van der Waals surface area contributed by atoms with Gasteiger partial charge in [-0.3, -0.25) is 0 Å². The molecule has 1 aromatic carbocycles. The molecule has 13 heavy (non-hydrogen) atoms. The molecule has 0 aliphatic carbocycles. The minimum atomic E-state index is 0.786. The molecule has 0 saturated carbocycles. The van der Waals surface area contributed by atoms with Gasteiger partial charge in [-0.2, -0.15) is 0 Å². The third kappa shape index (κ3) is 1.90. The number of hydrogen-bond donors (Lipinski definition) is 0. The van der Waals surface area contributed by atoms with Crippen molar-refractivity contribution in [2.24, 2.45) is 9.98 Å². The van der Waals surface area contributed by atoms with Crippen LogP contribution in [0.5, 0.6) is 0 Å². The molecule has 2 nitrogen and oxygen atoms in total. The van der Waals surface area contributed by atoms with Crippen LogP contribution in [0, 0.1) is 0 Å². The Morgan fingerprint density at radius 2 is 1.92 bits per heavy atom. The van der Waals surface area contributed by atoms with E-state index in [1.165, 1.54) is 0 Å². The van der Waals surface area contributed by atoms with Crippen LogP contribution in [0.2, 0.25) is 0 Å². The van der Waals surface area contributed by atoms with E-state index in [0.717, 1.165) is 17.8 Å². The van der Waals surface area contributed by atoms with Gasteiger partial charge in [0.15, 0.2) is 5.84 Å². The molecule has 2 heteroatoms. The second-order valence-corrected chi connectivity index (χ2v) is 2.75. The van der Waals surface area contributed by atoms with Crippen molar-refractivity contribution in [3.63, 3.8) is 0 Å². The van der Waals surface area contributed by atoms with Gasteiger partial charge in [0.1, 0.15) is 0 Å². The number of allylic oxidation sites excluding steroid dienone is 1. The van der Waals surface area contributed by atoms with Gasteiger partial charge >= 0.3 is 0 Å². The van der Waals surface area contributed by atoms with Gasteiger partial charge in [0.2, 0.25) is 0 Å². The van der Waals surface area contributed by atoms with Crippen molar-refractivity contribution < 1.29 is 0 Å². The lowest BCUT2D eigenvalue weighted by Crippen LogP contribution is -1.95. The van der Waals surface area contributed by atoms with Gasteiger partial charge in [-0.25, -0.2) is 9.98 Å². The van der Waals surface area contributed by atoms with Crippen LogP contribution in [0.15, 0.2) is 52.6 Å². The van der Waals surface area contributed by atoms with E-state index in [-0.39, 0.29) is 0 Å². The molecule has 0 saturated heterocycles. The Morgan fingerprint density at radius 1 is 1.08 bits per heavy atom. The Kier molecular flexibility index (Phi) is 2.32. The lowest BCUT2D eigenvalue weighted by molar-refractivity contribution is 1.47. The maximum atomic E-state index is 4.26. The van der Waals surface area contributed by atoms with Crippen LogP contribution in [0.3, 0.4) is 0 Å². The average Bonchev–Trinajstić information content (AvgIpc) is 2.47. The van der Waals surface area contributed by atoms with Crippen LogP contribution in [0.1, 0.15) is 12.0 Å². The van der Waals surface area contributed by atoms with E-state index in [1.54, 1.807) is 6.20 Å². The summed E-state index contributed by atoms with van der Waals surface area (Å²) in [5, 5.41) is 0. The Balaban J connectivity index is 2.36. The zero-order valence-electron chi connectivity index (χ0n) is 7.22. The first-order valence-electron chi connectivity index (χ1n) is 4.27. The molecule has 1 heterocycles. The molecule has 0 spiro atoms. The highest BCUT2D eigenvalue weighted by molar-refractivity contribution is 6.03. The quantitative estimate of drug-likeness (QED) is 0.618. The van der Waals surface area contributed by atoms with E-state index in [1.807, 2.05) is 42.6 Å². The van der Waals surface area contributed by atoms with E-state index in [9.17, 15) is 0 Å². The van der Waals surface area contributed by atoms with Crippen molar-refractivity contribution in [1.29, 1.82) is 0 Å². The molecule has 0 radical (unpaired) electrons. The topological polar surface area (TPSA) is 24.7 Å². The Labute approximate surface area is 77.4 Å². The molecule has 0 fully saturated rings. The lowest BCUT2D eigenvalue weighted by atomic mass is 10.2. The van der Waals surface area contributed by atoms with Crippen LogP contribution < -0.4 is 0 Å². The van der Waals surface area contributed by atoms with Crippen LogP contribution in [-0.4, -0.2) is 12.1 Å². The molecule has 1 aliphatic heterocycles. The Hall–Kier alpha value is -1.70. The molecule has 0 aromatic heterocycles. The number of hydrogen-bond acceptors (Lipinski definition) is 2. The molecular weight excluding hydrogens is 160 g/mol. The highest BCUT2D eigenvalue weighted by Crippen LogP contribution is 2.04. The summed E-state index contributed by atoms with van der Waals surface area (Å²) in [7, 11) is 0. The highest BCUT2D eigenvalue weighted by Gasteiger charge is 1.98. The zero-order valence-corrected chi connectivity index (χ0v) is 7.22. The van der Waals surface area contributed by atoms with Gasteiger partial charge in [0, 0.05) is 24.4 Å². The summed E-state index contributed by atoms with van der Waals surface area (Å²) < 4.78 is 0. The average molecular weight is 170 g/mol. The summed E-state index contributed by atoms with van der Waals surface area (Å²) >= 11 is 0. The van der Waals surface area contributed by atoms with Crippen molar-refractivity contribution in [2.75, 3.05) is 0 Å². The molecule has 0 amide bonds. The standard InChI is InChI=1S/C11H10N2/c1-2-6-10(7-3-1)11-12-8-4-5-9-13-11/h1-4,6-9H,5H2. The lowest BCUT2D eigenvalue weighted by Gasteiger charge is -1.96. The minimum Gasteiger partial charge on any atom is -0.241 e. The third-order valence-corrected chi connectivity index (χ3v) is 1.79. The fraction of sp³-hybridized carbons (Fsp3) is 0.0909. The van der Waals surface area contributed by atoms with Crippen LogP contribution in [-0.2, 0) is 0 Å². The molecule has 0 atom stereocenters. The molecule has 1 aliphatic rings. The zero-order chi connectivity index (χ0) is 8.93. The summed E-state index contributed by atoms with van der Waals surface area (Å²) in [6.45, 7) is 0. The van der Waals surface area contributed by atoms with Crippen molar-refractivity contribution in [2.45, 2.75) is 6.42 Å². The van der Waals surface area contributed by atoms with Crippen LogP contribution >= 0.6 is 0 Å². The maximum Gasteiger partial charge on any atom is 0.158 e. The molecule has 0 bridgehead atoms. The van der Waals surface area contributed by atoms with Crippen LogP contribution in [0.4, 0.5) is 0 Å². The largest absolute Gasteiger partial charge is 0.241 e. The van der Waals surface area contributed by atoms with Gasteiger partial charge in [-0.05, 0) is 0 Å². The molecule has 0 N–H and O–H groups in total. The summed E-state index contributed by atoms with van der Waals surface area (Å²) in [4.78, 5) is 8.49. The second-order valence-electron chi connectivity index (χ2n) is 2.75.